The lowest BCUT2D eigenvalue weighted by Crippen LogP contribution is -1.76. The number of fused-ring (bicyclic) bond motifs is 1. The Labute approximate surface area is 116 Å². The van der Waals surface area contributed by atoms with E-state index >= 15 is 0 Å². The van der Waals surface area contributed by atoms with E-state index in [2.05, 4.69) is 34.3 Å². The first-order valence-corrected chi connectivity index (χ1v) is 7.19. The Morgan fingerprint density at radius 2 is 1.79 bits per heavy atom. The van der Waals surface area contributed by atoms with E-state index in [1.54, 1.807) is 11.8 Å². The molecule has 0 amide bonds. The van der Waals surface area contributed by atoms with E-state index in [-0.39, 0.29) is 0 Å². The molecule has 0 fully saturated rings. The summed E-state index contributed by atoms with van der Waals surface area (Å²) in [7, 11) is 0. The summed E-state index contributed by atoms with van der Waals surface area (Å²) in [6.45, 7) is 0. The first-order chi connectivity index (χ1) is 9.42. The number of aromatic amines is 1. The first-order valence-electron chi connectivity index (χ1n) is 6.21. The number of nitrogens with one attached hydrogen (secondary N) is 1. The van der Waals surface area contributed by atoms with Crippen LogP contribution in [0.25, 0.3) is 17.1 Å². The van der Waals surface area contributed by atoms with Crippen LogP contribution in [-0.2, 0) is 0 Å². The lowest BCUT2D eigenvalue weighted by atomic mass is 10.2. The molecule has 1 N–H and O–H groups in total. The molecular formula is C16H14N2S. The number of thioether (sulfide) groups is 1. The zero-order valence-corrected chi connectivity index (χ0v) is 11.2. The van der Waals surface area contributed by atoms with Gasteiger partial charge in [-0.25, -0.2) is 4.98 Å². The third kappa shape index (κ3) is 3.06. The maximum Gasteiger partial charge on any atom is 0.166 e. The predicted octanol–water partition coefficient (Wildman–Crippen LogP) is 4.37. The van der Waals surface area contributed by atoms with Crippen molar-refractivity contribution in [3.8, 4) is 0 Å². The Bertz CT molecular complexity index is 653. The Hall–Kier alpha value is -2.00. The molecule has 0 spiro atoms. The largest absolute Gasteiger partial charge is 0.333 e. The van der Waals surface area contributed by atoms with E-state index in [9.17, 15) is 0 Å². The van der Waals surface area contributed by atoms with Crippen molar-refractivity contribution in [3.63, 3.8) is 0 Å². The highest BCUT2D eigenvalue weighted by atomic mass is 32.2. The van der Waals surface area contributed by atoms with E-state index < -0.39 is 0 Å². The lowest BCUT2D eigenvalue weighted by Gasteiger charge is -1.92. The van der Waals surface area contributed by atoms with Crippen molar-refractivity contribution in [3.05, 3.63) is 66.2 Å². The summed E-state index contributed by atoms with van der Waals surface area (Å²) < 4.78 is 0. The molecule has 3 rings (SSSR count). The molecule has 0 aliphatic rings. The standard InChI is InChI=1S/C16H14N2S/c1-2-7-13(8-3-1)9-6-12-19-16-17-14-10-4-5-11-15(14)18-16/h1-11H,12H2,(H,17,18). The van der Waals surface area contributed by atoms with Gasteiger partial charge in [0, 0.05) is 5.75 Å². The van der Waals surface area contributed by atoms with Gasteiger partial charge in [-0.1, -0.05) is 66.4 Å². The molecule has 0 atom stereocenters. The molecule has 1 aromatic heterocycles. The molecule has 0 saturated heterocycles. The van der Waals surface area contributed by atoms with Crippen LogP contribution in [0.2, 0.25) is 0 Å². The number of H-pyrrole nitrogens is 1. The van der Waals surface area contributed by atoms with Gasteiger partial charge in [-0.3, -0.25) is 0 Å². The van der Waals surface area contributed by atoms with Gasteiger partial charge in [-0.15, -0.1) is 0 Å². The van der Waals surface area contributed by atoms with Crippen molar-refractivity contribution in [1.82, 2.24) is 9.97 Å². The molecule has 0 saturated carbocycles. The molecule has 2 nitrogen and oxygen atoms in total. The fourth-order valence-electron chi connectivity index (χ4n) is 1.87. The maximum absolute atomic E-state index is 4.53. The number of hydrogen-bond donors (Lipinski definition) is 1. The van der Waals surface area contributed by atoms with Gasteiger partial charge in [0.15, 0.2) is 5.16 Å². The Morgan fingerprint density at radius 1 is 1.00 bits per heavy atom. The number of aromatic nitrogens is 2. The quantitative estimate of drug-likeness (QED) is 0.710. The van der Waals surface area contributed by atoms with E-state index in [1.807, 2.05) is 42.5 Å². The number of rotatable bonds is 4. The second-order valence-electron chi connectivity index (χ2n) is 4.18. The molecule has 0 radical (unpaired) electrons. The molecule has 94 valence electrons. The number of hydrogen-bond acceptors (Lipinski definition) is 2. The third-order valence-corrected chi connectivity index (χ3v) is 3.62. The smallest absolute Gasteiger partial charge is 0.166 e. The van der Waals surface area contributed by atoms with E-state index in [0.717, 1.165) is 21.9 Å². The Morgan fingerprint density at radius 3 is 2.63 bits per heavy atom. The molecule has 2 aromatic carbocycles. The van der Waals surface area contributed by atoms with E-state index in [1.165, 1.54) is 5.56 Å². The SMILES string of the molecule is C(=Cc1ccccc1)CSc1nc2ccccc2[nH]1. The molecule has 0 aliphatic carbocycles. The highest BCUT2D eigenvalue weighted by Gasteiger charge is 2.00. The van der Waals surface area contributed by atoms with E-state index in [0.29, 0.717) is 0 Å². The maximum atomic E-state index is 4.53. The fraction of sp³-hybridized carbons (Fsp3) is 0.0625. The molecule has 0 aliphatic heterocycles. The summed E-state index contributed by atoms with van der Waals surface area (Å²) in [4.78, 5) is 7.84. The summed E-state index contributed by atoms with van der Waals surface area (Å²) in [6.07, 6.45) is 4.29. The zero-order valence-electron chi connectivity index (χ0n) is 10.4. The van der Waals surface area contributed by atoms with Gasteiger partial charge in [-0.05, 0) is 17.7 Å². The second-order valence-corrected chi connectivity index (χ2v) is 5.19. The minimum absolute atomic E-state index is 0.911. The van der Waals surface area contributed by atoms with Gasteiger partial charge in [0.2, 0.25) is 0 Å². The predicted molar refractivity (Wildman–Crippen MR) is 82.3 cm³/mol. The highest BCUT2D eigenvalue weighted by Crippen LogP contribution is 2.19. The minimum Gasteiger partial charge on any atom is -0.333 e. The van der Waals surface area contributed by atoms with Crippen LogP contribution >= 0.6 is 11.8 Å². The first kappa shape index (κ1) is 12.1. The van der Waals surface area contributed by atoms with Crippen molar-refractivity contribution < 1.29 is 0 Å². The van der Waals surface area contributed by atoms with Crippen molar-refractivity contribution in [2.75, 3.05) is 5.75 Å². The number of nitrogens with zero attached hydrogens (tertiary/aromatic N) is 1. The van der Waals surface area contributed by atoms with Crippen LogP contribution < -0.4 is 0 Å². The van der Waals surface area contributed by atoms with Gasteiger partial charge in [-0.2, -0.15) is 0 Å². The summed E-state index contributed by atoms with van der Waals surface area (Å²) in [5.74, 6) is 0.911. The van der Waals surface area contributed by atoms with Crippen LogP contribution in [0.3, 0.4) is 0 Å². The molecule has 3 aromatic rings. The van der Waals surface area contributed by atoms with Crippen LogP contribution in [0.4, 0.5) is 0 Å². The molecule has 3 heteroatoms. The van der Waals surface area contributed by atoms with Crippen molar-refractivity contribution in [1.29, 1.82) is 0 Å². The number of imidazole rings is 1. The average molecular weight is 266 g/mol. The normalized spacial score (nSPS) is 11.4. The van der Waals surface area contributed by atoms with Crippen LogP contribution in [0.1, 0.15) is 5.56 Å². The number of para-hydroxylation sites is 2. The molecule has 0 bridgehead atoms. The molecule has 19 heavy (non-hydrogen) atoms. The molecule has 1 heterocycles. The van der Waals surface area contributed by atoms with Gasteiger partial charge in [0.1, 0.15) is 0 Å². The summed E-state index contributed by atoms with van der Waals surface area (Å²) in [5.41, 5.74) is 3.35. The molecule has 0 unspecified atom stereocenters. The highest BCUT2D eigenvalue weighted by molar-refractivity contribution is 7.99. The summed E-state index contributed by atoms with van der Waals surface area (Å²) in [5, 5.41) is 0.971. The summed E-state index contributed by atoms with van der Waals surface area (Å²) >= 11 is 1.71. The zero-order chi connectivity index (χ0) is 12.9. The van der Waals surface area contributed by atoms with Crippen molar-refractivity contribution >= 4 is 28.9 Å². The number of benzene rings is 2. The van der Waals surface area contributed by atoms with Crippen LogP contribution in [0.5, 0.6) is 0 Å². The van der Waals surface area contributed by atoms with Gasteiger partial charge < -0.3 is 4.98 Å². The van der Waals surface area contributed by atoms with Crippen molar-refractivity contribution in [2.45, 2.75) is 5.16 Å². The van der Waals surface area contributed by atoms with Gasteiger partial charge in [0.25, 0.3) is 0 Å². The topological polar surface area (TPSA) is 28.7 Å². The summed E-state index contributed by atoms with van der Waals surface area (Å²) in [6, 6.07) is 18.4. The average Bonchev–Trinajstić information content (AvgIpc) is 2.87. The second kappa shape index (κ2) is 5.76. The third-order valence-electron chi connectivity index (χ3n) is 2.79. The van der Waals surface area contributed by atoms with Crippen LogP contribution in [0, 0.1) is 0 Å². The minimum atomic E-state index is 0.911. The fourth-order valence-corrected chi connectivity index (χ4v) is 2.57. The van der Waals surface area contributed by atoms with E-state index in [4.69, 9.17) is 0 Å². The Balaban J connectivity index is 1.62. The molecular weight excluding hydrogens is 252 g/mol. The monoisotopic (exact) mass is 266 g/mol. The van der Waals surface area contributed by atoms with Crippen LogP contribution in [-0.4, -0.2) is 15.7 Å². The Kier molecular flexibility index (Phi) is 3.65. The van der Waals surface area contributed by atoms with Crippen LogP contribution in [0.15, 0.2) is 65.8 Å². The van der Waals surface area contributed by atoms with Gasteiger partial charge in [0.05, 0.1) is 11.0 Å². The van der Waals surface area contributed by atoms with Crippen molar-refractivity contribution in [2.24, 2.45) is 0 Å². The van der Waals surface area contributed by atoms with Gasteiger partial charge >= 0.3 is 0 Å². The lowest BCUT2D eigenvalue weighted by molar-refractivity contribution is 1.08.